The highest BCUT2D eigenvalue weighted by atomic mass is 16.7. The number of fused-ring (bicyclic) bond motifs is 1. The number of nitrogens with zero attached hydrogens (tertiary/aromatic N) is 3. The van der Waals surface area contributed by atoms with Crippen LogP contribution in [0.4, 0.5) is 4.79 Å². The fourth-order valence-corrected chi connectivity index (χ4v) is 4.79. The second kappa shape index (κ2) is 12.1. The van der Waals surface area contributed by atoms with Gasteiger partial charge in [0.1, 0.15) is 35.2 Å². The number of benzene rings is 1. The van der Waals surface area contributed by atoms with Crippen LogP contribution in [0.3, 0.4) is 0 Å². The van der Waals surface area contributed by atoms with Crippen LogP contribution in [0.2, 0.25) is 0 Å². The normalized spacial score (nSPS) is 18.8. The number of aromatic nitrogens is 3. The van der Waals surface area contributed by atoms with Crippen molar-refractivity contribution >= 4 is 28.8 Å². The number of H-pyrrole nitrogens is 1. The Morgan fingerprint density at radius 1 is 1.24 bits per heavy atom. The van der Waals surface area contributed by atoms with Crippen LogP contribution in [-0.2, 0) is 14.2 Å². The van der Waals surface area contributed by atoms with Crippen molar-refractivity contribution in [2.24, 2.45) is 0 Å². The molecule has 2 N–H and O–H groups in total. The fraction of sp³-hybridized carbons (Fsp3) is 0.467. The molecule has 11 heteroatoms. The smallest absolute Gasteiger partial charge is 0.410 e. The number of carbonyl (C=O) groups excluding carboxylic acids is 2. The quantitative estimate of drug-likeness (QED) is 0.353. The molecule has 1 fully saturated rings. The topological polar surface area (TPSA) is 128 Å². The van der Waals surface area contributed by atoms with Gasteiger partial charge in [0, 0.05) is 30.9 Å². The minimum atomic E-state index is -0.651. The summed E-state index contributed by atoms with van der Waals surface area (Å²) in [5, 5.41) is 3.05. The summed E-state index contributed by atoms with van der Waals surface area (Å²) >= 11 is 0. The van der Waals surface area contributed by atoms with Crippen LogP contribution in [0, 0.1) is 0 Å². The van der Waals surface area contributed by atoms with Gasteiger partial charge in [0.15, 0.2) is 5.76 Å². The van der Waals surface area contributed by atoms with E-state index in [0.717, 1.165) is 37.0 Å². The van der Waals surface area contributed by atoms with E-state index in [-0.39, 0.29) is 18.0 Å². The molecule has 0 aliphatic carbocycles. The molecule has 2 aromatic heterocycles. The number of likely N-dealkylation sites (tertiary alicyclic amines) is 1. The van der Waals surface area contributed by atoms with Crippen LogP contribution in [0.25, 0.3) is 16.8 Å². The van der Waals surface area contributed by atoms with E-state index in [1.54, 1.807) is 11.1 Å². The third-order valence-electron chi connectivity index (χ3n) is 6.78. The monoisotopic (exact) mass is 563 g/mol. The lowest BCUT2D eigenvalue weighted by Crippen LogP contribution is -2.50. The average Bonchev–Trinajstić information content (AvgIpc) is 3.61. The predicted octanol–water partition coefficient (Wildman–Crippen LogP) is 5.31. The lowest BCUT2D eigenvalue weighted by Gasteiger charge is -2.34. The predicted molar refractivity (Wildman–Crippen MR) is 152 cm³/mol. The Bertz CT molecular complexity index is 1430. The summed E-state index contributed by atoms with van der Waals surface area (Å²) in [6, 6.07) is 7.42. The van der Waals surface area contributed by atoms with E-state index in [4.69, 9.17) is 18.9 Å². The van der Waals surface area contributed by atoms with Crippen LogP contribution in [-0.4, -0.2) is 63.2 Å². The van der Waals surface area contributed by atoms with E-state index < -0.39 is 11.9 Å². The molecule has 41 heavy (non-hydrogen) atoms. The second-order valence-corrected chi connectivity index (χ2v) is 11.2. The van der Waals surface area contributed by atoms with Crippen molar-refractivity contribution < 1.29 is 28.5 Å². The Kier molecular flexibility index (Phi) is 8.32. The van der Waals surface area contributed by atoms with Crippen molar-refractivity contribution in [3.8, 4) is 5.75 Å². The molecule has 0 radical (unpaired) electrons. The van der Waals surface area contributed by atoms with Gasteiger partial charge in [-0.3, -0.25) is 4.79 Å². The molecule has 11 nitrogen and oxygen atoms in total. The van der Waals surface area contributed by atoms with Gasteiger partial charge in [-0.15, -0.1) is 0 Å². The minimum Gasteiger partial charge on any atom is -0.494 e. The van der Waals surface area contributed by atoms with Crippen molar-refractivity contribution in [1.29, 1.82) is 0 Å². The molecular weight excluding hydrogens is 526 g/mol. The molecule has 0 bridgehead atoms. The first-order chi connectivity index (χ1) is 19.7. The van der Waals surface area contributed by atoms with Gasteiger partial charge in [0.2, 0.25) is 0 Å². The Labute approximate surface area is 239 Å². The summed E-state index contributed by atoms with van der Waals surface area (Å²) in [7, 11) is 0. The number of piperidine rings is 1. The van der Waals surface area contributed by atoms with E-state index in [1.165, 1.54) is 12.6 Å². The number of ether oxygens (including phenoxy) is 4. The Morgan fingerprint density at radius 2 is 2.10 bits per heavy atom. The molecule has 2 amide bonds. The molecule has 218 valence electrons. The summed E-state index contributed by atoms with van der Waals surface area (Å²) in [5.41, 5.74) is 2.13. The Morgan fingerprint density at radius 3 is 2.90 bits per heavy atom. The average molecular weight is 564 g/mol. The van der Waals surface area contributed by atoms with Crippen LogP contribution < -0.4 is 10.1 Å². The summed E-state index contributed by atoms with van der Waals surface area (Å²) in [5.74, 6) is 0.897. The maximum atomic E-state index is 13.3. The minimum absolute atomic E-state index is 0.202. The number of nitrogens with one attached hydrogen (secondary N) is 2. The summed E-state index contributed by atoms with van der Waals surface area (Å²) in [6.07, 6.45) is 7.07. The molecule has 4 heterocycles. The molecule has 2 unspecified atom stereocenters. The van der Waals surface area contributed by atoms with Crippen molar-refractivity contribution in [1.82, 2.24) is 25.2 Å². The number of rotatable bonds is 8. The first kappa shape index (κ1) is 28.3. The molecule has 0 saturated carbocycles. The van der Waals surface area contributed by atoms with Gasteiger partial charge >= 0.3 is 6.09 Å². The van der Waals surface area contributed by atoms with Crippen molar-refractivity contribution in [2.75, 3.05) is 19.7 Å². The summed E-state index contributed by atoms with van der Waals surface area (Å²) in [4.78, 5) is 39.4. The number of aromatic amines is 1. The standard InChI is InChI=1S/C30H37N5O6/c1-5-6-13-38-21-11-7-9-19(14-21)28-39-17-23(40-28)25-26-24(32-18-33-25)22(15-31-26)27(36)34-20-10-8-12-35(16-20)29(37)41-30(2,3)4/h7,9,11,14-15,17-18,20,28,31H,5-6,8,10,12-13,16H2,1-4H3,(H,34,36). The van der Waals surface area contributed by atoms with Gasteiger partial charge in [-0.1, -0.05) is 25.5 Å². The van der Waals surface area contributed by atoms with Crippen LogP contribution in [0.15, 0.2) is 43.1 Å². The Balaban J connectivity index is 1.25. The van der Waals surface area contributed by atoms with Crippen LogP contribution >= 0.6 is 0 Å². The van der Waals surface area contributed by atoms with Gasteiger partial charge in [0.05, 0.1) is 17.7 Å². The molecule has 3 aromatic rings. The van der Waals surface area contributed by atoms with Gasteiger partial charge in [-0.05, 0) is 52.2 Å². The van der Waals surface area contributed by atoms with E-state index in [2.05, 4.69) is 27.2 Å². The molecule has 1 saturated heterocycles. The van der Waals surface area contributed by atoms with Crippen LogP contribution in [0.5, 0.6) is 5.75 Å². The highest BCUT2D eigenvalue weighted by molar-refractivity contribution is 6.06. The number of carbonyl (C=O) groups is 2. The van der Waals surface area contributed by atoms with Gasteiger partial charge in [-0.25, -0.2) is 14.8 Å². The van der Waals surface area contributed by atoms with Gasteiger partial charge in [-0.2, -0.15) is 0 Å². The van der Waals surface area contributed by atoms with E-state index >= 15 is 0 Å². The number of amides is 2. The van der Waals surface area contributed by atoms with Crippen molar-refractivity contribution in [3.63, 3.8) is 0 Å². The highest BCUT2D eigenvalue weighted by Gasteiger charge is 2.30. The molecular formula is C30H37N5O6. The molecule has 0 spiro atoms. The molecule has 5 rings (SSSR count). The third-order valence-corrected chi connectivity index (χ3v) is 6.78. The van der Waals surface area contributed by atoms with E-state index in [9.17, 15) is 9.59 Å². The van der Waals surface area contributed by atoms with Crippen molar-refractivity contribution in [2.45, 2.75) is 71.3 Å². The zero-order valence-electron chi connectivity index (χ0n) is 23.9. The maximum Gasteiger partial charge on any atom is 0.410 e. The number of unbranched alkanes of at least 4 members (excludes halogenated alkanes) is 1. The summed E-state index contributed by atoms with van der Waals surface area (Å²) < 4.78 is 23.2. The number of hydrogen-bond acceptors (Lipinski definition) is 8. The fourth-order valence-electron chi connectivity index (χ4n) is 4.79. The number of hydrogen-bond donors (Lipinski definition) is 2. The first-order valence-electron chi connectivity index (χ1n) is 14.1. The zero-order chi connectivity index (χ0) is 29.0. The van der Waals surface area contributed by atoms with E-state index in [1.807, 2.05) is 45.0 Å². The molecule has 2 aliphatic heterocycles. The first-order valence-corrected chi connectivity index (χ1v) is 14.1. The maximum absolute atomic E-state index is 13.3. The summed E-state index contributed by atoms with van der Waals surface area (Å²) in [6.45, 7) is 9.26. The van der Waals surface area contributed by atoms with Crippen LogP contribution in [0.1, 0.15) is 81.3 Å². The zero-order valence-corrected chi connectivity index (χ0v) is 23.9. The van der Waals surface area contributed by atoms with Gasteiger partial charge < -0.3 is 34.1 Å². The lowest BCUT2D eigenvalue weighted by atomic mass is 10.1. The van der Waals surface area contributed by atoms with E-state index in [0.29, 0.717) is 47.7 Å². The molecule has 2 atom stereocenters. The van der Waals surface area contributed by atoms with Gasteiger partial charge in [0.25, 0.3) is 12.2 Å². The third kappa shape index (κ3) is 6.72. The van der Waals surface area contributed by atoms with Crippen molar-refractivity contribution in [3.05, 3.63) is 59.9 Å². The largest absolute Gasteiger partial charge is 0.494 e. The Hall–Kier alpha value is -4.28. The highest BCUT2D eigenvalue weighted by Crippen LogP contribution is 2.36. The SMILES string of the molecule is CCCCOc1cccc(C2OC=C(c3ncnc4c(C(=O)NC5CCCN(C(=O)OC(C)(C)C)C5)c[nH]c34)O2)c1. The second-order valence-electron chi connectivity index (χ2n) is 11.2. The molecule has 1 aromatic carbocycles. The lowest BCUT2D eigenvalue weighted by molar-refractivity contribution is -0.0173. The molecule has 2 aliphatic rings.